The van der Waals surface area contributed by atoms with Crippen molar-refractivity contribution >= 4 is 56.4 Å². The second-order valence-electron chi connectivity index (χ2n) is 8.84. The van der Waals surface area contributed by atoms with Gasteiger partial charge >= 0.3 is 0 Å². The lowest BCUT2D eigenvalue weighted by Gasteiger charge is -2.33. The maximum absolute atomic E-state index is 13.7. The van der Waals surface area contributed by atoms with Crippen LogP contribution in [0.3, 0.4) is 0 Å². The lowest BCUT2D eigenvalue weighted by molar-refractivity contribution is -0.384. The summed E-state index contributed by atoms with van der Waals surface area (Å²) in [6.45, 7) is 6.10. The van der Waals surface area contributed by atoms with Gasteiger partial charge in [-0.15, -0.1) is 0 Å². The molecule has 0 spiro atoms. The van der Waals surface area contributed by atoms with Gasteiger partial charge in [-0.1, -0.05) is 42.3 Å². The van der Waals surface area contributed by atoms with Crippen LogP contribution in [0.5, 0.6) is 0 Å². The fraction of sp³-hybridized carbons (Fsp3) is 0.417. The summed E-state index contributed by atoms with van der Waals surface area (Å²) < 4.78 is 26.3. The third-order valence-corrected chi connectivity index (χ3v) is 7.24. The summed E-state index contributed by atoms with van der Waals surface area (Å²) in [4.78, 5) is 38.7. The van der Waals surface area contributed by atoms with Crippen molar-refractivity contribution in [2.24, 2.45) is 0 Å². The molecular weight excluding hydrogens is 543 g/mol. The van der Waals surface area contributed by atoms with Crippen LogP contribution in [0.25, 0.3) is 0 Å². The molecule has 2 aromatic rings. The van der Waals surface area contributed by atoms with Crippen LogP contribution in [0, 0.1) is 17.0 Å². The van der Waals surface area contributed by atoms with Crippen molar-refractivity contribution in [1.29, 1.82) is 0 Å². The molecule has 1 N–H and O–H groups in total. The Hall–Kier alpha value is -2.89. The summed E-state index contributed by atoms with van der Waals surface area (Å²) >= 11 is 12.3. The molecule has 1 unspecified atom stereocenters. The Labute approximate surface area is 226 Å². The van der Waals surface area contributed by atoms with E-state index in [1.165, 1.54) is 23.1 Å². The van der Waals surface area contributed by atoms with E-state index in [9.17, 15) is 28.1 Å². The van der Waals surface area contributed by atoms with Crippen LogP contribution >= 0.6 is 23.2 Å². The SMILES string of the molecule is CCC(C(=O)NC(C)C)N(Cc1ccc(Cl)cc1Cl)C(=O)CN(c1cc([N+](=O)[O-])ccc1C)S(C)(=O)=O. The monoisotopic (exact) mass is 572 g/mol. The molecule has 0 fully saturated rings. The van der Waals surface area contributed by atoms with Gasteiger partial charge in [0.05, 0.1) is 16.9 Å². The Morgan fingerprint density at radius 1 is 1.14 bits per heavy atom. The number of halogens is 2. The Balaban J connectivity index is 2.57. The number of hydrogen-bond acceptors (Lipinski definition) is 6. The number of carbonyl (C=O) groups excluding carboxylic acids is 2. The summed E-state index contributed by atoms with van der Waals surface area (Å²) in [6, 6.07) is 7.35. The standard InChI is InChI=1S/C24H30Cl2N4O6S/c1-6-21(24(32)27-15(2)3)28(13-17-8-9-18(25)11-20(17)26)23(31)14-29(37(5,35)36)22-12-19(30(33)34)10-7-16(22)4/h7-12,15,21H,6,13-14H2,1-5H3,(H,27,32). The number of carbonyl (C=O) groups is 2. The highest BCUT2D eigenvalue weighted by Gasteiger charge is 2.33. The molecule has 0 heterocycles. The number of non-ortho nitro benzene ring substituents is 1. The second kappa shape index (κ2) is 12.6. The van der Waals surface area contributed by atoms with Gasteiger partial charge in [-0.3, -0.25) is 24.0 Å². The van der Waals surface area contributed by atoms with Gasteiger partial charge < -0.3 is 10.2 Å². The molecule has 0 saturated heterocycles. The highest BCUT2D eigenvalue weighted by molar-refractivity contribution is 7.92. The summed E-state index contributed by atoms with van der Waals surface area (Å²) in [6.07, 6.45) is 1.14. The third-order valence-electron chi connectivity index (χ3n) is 5.52. The topological polar surface area (TPSA) is 130 Å². The molecule has 0 aromatic heterocycles. The van der Waals surface area contributed by atoms with Crippen molar-refractivity contribution in [2.45, 2.75) is 52.7 Å². The number of anilines is 1. The molecule has 202 valence electrons. The molecule has 2 amide bonds. The third kappa shape index (κ3) is 8.05. The zero-order valence-electron chi connectivity index (χ0n) is 21.2. The Kier molecular flexibility index (Phi) is 10.3. The Morgan fingerprint density at radius 3 is 2.30 bits per heavy atom. The minimum absolute atomic E-state index is 0.00537. The molecule has 0 aliphatic heterocycles. The van der Waals surface area contributed by atoms with Gasteiger partial charge in [0.15, 0.2) is 0 Å². The number of hydrogen-bond donors (Lipinski definition) is 1. The molecule has 0 aliphatic rings. The first kappa shape index (κ1) is 30.3. The Morgan fingerprint density at radius 2 is 1.78 bits per heavy atom. The summed E-state index contributed by atoms with van der Waals surface area (Å²) in [5.74, 6) is -1.10. The van der Waals surface area contributed by atoms with Gasteiger partial charge in [-0.05, 0) is 50.5 Å². The molecule has 13 heteroatoms. The first-order valence-corrected chi connectivity index (χ1v) is 14.0. The van der Waals surface area contributed by atoms with Crippen molar-refractivity contribution < 1.29 is 22.9 Å². The van der Waals surface area contributed by atoms with Crippen LogP contribution < -0.4 is 9.62 Å². The van der Waals surface area contributed by atoms with Crippen LogP contribution in [0.15, 0.2) is 36.4 Å². The smallest absolute Gasteiger partial charge is 0.271 e. The normalized spacial score (nSPS) is 12.2. The predicted molar refractivity (Wildman–Crippen MR) is 144 cm³/mol. The second-order valence-corrected chi connectivity index (χ2v) is 11.6. The molecule has 0 bridgehead atoms. The lowest BCUT2D eigenvalue weighted by atomic mass is 10.1. The van der Waals surface area contributed by atoms with Crippen molar-refractivity contribution in [3.8, 4) is 0 Å². The van der Waals surface area contributed by atoms with Crippen LogP contribution in [-0.4, -0.2) is 54.9 Å². The molecule has 10 nitrogen and oxygen atoms in total. The molecule has 1 atom stereocenters. The Bertz CT molecular complexity index is 1290. The van der Waals surface area contributed by atoms with Crippen molar-refractivity contribution in [2.75, 3.05) is 17.1 Å². The van der Waals surface area contributed by atoms with Crippen molar-refractivity contribution in [1.82, 2.24) is 10.2 Å². The molecule has 2 rings (SSSR count). The number of nitro benzene ring substituents is 1. The van der Waals surface area contributed by atoms with E-state index in [1.54, 1.807) is 39.8 Å². The predicted octanol–water partition coefficient (Wildman–Crippen LogP) is 4.31. The highest BCUT2D eigenvalue weighted by Crippen LogP contribution is 2.29. The fourth-order valence-corrected chi connectivity index (χ4v) is 5.08. The van der Waals surface area contributed by atoms with E-state index >= 15 is 0 Å². The van der Waals surface area contributed by atoms with E-state index in [2.05, 4.69) is 5.32 Å². The molecule has 0 radical (unpaired) electrons. The van der Waals surface area contributed by atoms with Gasteiger partial charge in [-0.25, -0.2) is 8.42 Å². The summed E-state index contributed by atoms with van der Waals surface area (Å²) in [5, 5.41) is 14.8. The van der Waals surface area contributed by atoms with Crippen LogP contribution in [0.1, 0.15) is 38.3 Å². The van der Waals surface area contributed by atoms with Crippen molar-refractivity contribution in [3.05, 3.63) is 67.7 Å². The zero-order valence-corrected chi connectivity index (χ0v) is 23.5. The minimum atomic E-state index is -4.05. The van der Waals surface area contributed by atoms with Gasteiger partial charge in [-0.2, -0.15) is 0 Å². The van der Waals surface area contributed by atoms with Gasteiger partial charge in [0.25, 0.3) is 5.69 Å². The fourth-order valence-electron chi connectivity index (χ4n) is 3.71. The summed E-state index contributed by atoms with van der Waals surface area (Å²) in [7, 11) is -4.05. The van der Waals surface area contributed by atoms with E-state index in [0.717, 1.165) is 16.6 Å². The number of nitrogens with one attached hydrogen (secondary N) is 1. The number of rotatable bonds is 11. The molecule has 2 aromatic carbocycles. The lowest BCUT2D eigenvalue weighted by Crippen LogP contribution is -2.53. The maximum Gasteiger partial charge on any atom is 0.271 e. The molecule has 0 aliphatic carbocycles. The molecule has 37 heavy (non-hydrogen) atoms. The number of sulfonamides is 1. The number of amides is 2. The quantitative estimate of drug-likeness (QED) is 0.315. The zero-order chi connectivity index (χ0) is 28.1. The van der Waals surface area contributed by atoms with E-state index < -0.39 is 39.3 Å². The first-order chi connectivity index (χ1) is 17.1. The van der Waals surface area contributed by atoms with E-state index in [4.69, 9.17) is 23.2 Å². The average Bonchev–Trinajstić information content (AvgIpc) is 2.77. The molecule has 0 saturated carbocycles. The van der Waals surface area contributed by atoms with E-state index in [1.807, 2.05) is 0 Å². The largest absolute Gasteiger partial charge is 0.352 e. The minimum Gasteiger partial charge on any atom is -0.352 e. The average molecular weight is 573 g/mol. The van der Waals surface area contributed by atoms with Gasteiger partial charge in [0.2, 0.25) is 21.8 Å². The van der Waals surface area contributed by atoms with Crippen molar-refractivity contribution in [3.63, 3.8) is 0 Å². The van der Waals surface area contributed by atoms with Gasteiger partial charge in [0, 0.05) is 34.8 Å². The number of benzene rings is 2. The number of nitro groups is 1. The number of aryl methyl sites for hydroxylation is 1. The number of nitrogens with zero attached hydrogens (tertiary/aromatic N) is 3. The highest BCUT2D eigenvalue weighted by atomic mass is 35.5. The van der Waals surface area contributed by atoms with Crippen LogP contribution in [0.2, 0.25) is 10.0 Å². The molecular formula is C24H30Cl2N4O6S. The van der Waals surface area contributed by atoms with Gasteiger partial charge in [0.1, 0.15) is 12.6 Å². The van der Waals surface area contributed by atoms with E-state index in [0.29, 0.717) is 16.1 Å². The van der Waals surface area contributed by atoms with E-state index in [-0.39, 0.29) is 35.4 Å². The summed E-state index contributed by atoms with van der Waals surface area (Å²) in [5.41, 5.74) is 0.594. The maximum atomic E-state index is 13.7. The van der Waals surface area contributed by atoms with Crippen LogP contribution in [-0.2, 0) is 26.2 Å². The van der Waals surface area contributed by atoms with Crippen LogP contribution in [0.4, 0.5) is 11.4 Å². The first-order valence-electron chi connectivity index (χ1n) is 11.4.